The number of piperidine rings is 1. The summed E-state index contributed by atoms with van der Waals surface area (Å²) < 4.78 is 5.13. The van der Waals surface area contributed by atoms with E-state index in [0.717, 1.165) is 44.1 Å². The molecule has 4 heteroatoms. The Kier molecular flexibility index (Phi) is 6.14. The molecule has 2 rings (SSSR count). The minimum absolute atomic E-state index is 0.231. The lowest BCUT2D eigenvalue weighted by Gasteiger charge is -2.33. The summed E-state index contributed by atoms with van der Waals surface area (Å²) in [6.07, 6.45) is 4.97. The van der Waals surface area contributed by atoms with Crippen LogP contribution >= 0.6 is 11.6 Å². The summed E-state index contributed by atoms with van der Waals surface area (Å²) in [6, 6.07) is 5.25. The van der Waals surface area contributed by atoms with Crippen LogP contribution in [-0.2, 0) is 11.3 Å². The van der Waals surface area contributed by atoms with E-state index in [4.69, 9.17) is 16.3 Å². The number of benzene rings is 1. The molecule has 0 aliphatic carbocycles. The number of hydrogen-bond acceptors (Lipinski definition) is 3. The smallest absolute Gasteiger partial charge is 0.117 e. The van der Waals surface area contributed by atoms with E-state index in [1.165, 1.54) is 19.3 Å². The molecular weight excluding hydrogens is 274 g/mol. The van der Waals surface area contributed by atoms with E-state index >= 15 is 0 Å². The van der Waals surface area contributed by atoms with Crippen LogP contribution in [0.25, 0.3) is 0 Å². The van der Waals surface area contributed by atoms with Crippen LogP contribution in [0.4, 0.5) is 0 Å². The van der Waals surface area contributed by atoms with Gasteiger partial charge in [0.2, 0.25) is 0 Å². The number of halogens is 1. The quantitative estimate of drug-likeness (QED) is 0.813. The Morgan fingerprint density at radius 3 is 3.05 bits per heavy atom. The van der Waals surface area contributed by atoms with Gasteiger partial charge in [-0.1, -0.05) is 17.7 Å². The normalized spacial score (nSPS) is 20.2. The van der Waals surface area contributed by atoms with Crippen LogP contribution in [0.1, 0.15) is 31.2 Å². The van der Waals surface area contributed by atoms with Crippen molar-refractivity contribution >= 4 is 11.6 Å². The van der Waals surface area contributed by atoms with Gasteiger partial charge in [0.05, 0.1) is 0 Å². The third-order valence-electron chi connectivity index (χ3n) is 3.99. The van der Waals surface area contributed by atoms with Crippen molar-refractivity contribution < 1.29 is 9.84 Å². The zero-order chi connectivity index (χ0) is 14.4. The molecule has 1 N–H and O–H groups in total. The van der Waals surface area contributed by atoms with Crippen molar-refractivity contribution in [2.24, 2.45) is 5.92 Å². The highest BCUT2D eigenvalue weighted by atomic mass is 35.5. The van der Waals surface area contributed by atoms with E-state index in [1.54, 1.807) is 19.2 Å². The van der Waals surface area contributed by atoms with Gasteiger partial charge in [0.1, 0.15) is 5.75 Å². The second-order valence-electron chi connectivity index (χ2n) is 5.65. The molecule has 0 aromatic heterocycles. The zero-order valence-corrected chi connectivity index (χ0v) is 12.9. The number of ether oxygens (including phenoxy) is 1. The Labute approximate surface area is 126 Å². The third-order valence-corrected chi connectivity index (χ3v) is 4.35. The van der Waals surface area contributed by atoms with E-state index in [-0.39, 0.29) is 5.75 Å². The monoisotopic (exact) mass is 297 g/mol. The molecule has 1 atom stereocenters. The SMILES string of the molecule is COCCCC1CCCN(Cc2ccc(O)cc2Cl)C1. The number of aromatic hydroxyl groups is 1. The van der Waals surface area contributed by atoms with Crippen molar-refractivity contribution in [1.82, 2.24) is 4.90 Å². The summed E-state index contributed by atoms with van der Waals surface area (Å²) in [7, 11) is 1.76. The van der Waals surface area contributed by atoms with Gasteiger partial charge in [-0.05, 0) is 55.8 Å². The van der Waals surface area contributed by atoms with Gasteiger partial charge in [-0.2, -0.15) is 0 Å². The van der Waals surface area contributed by atoms with Crippen LogP contribution in [0.5, 0.6) is 5.75 Å². The van der Waals surface area contributed by atoms with E-state index in [0.29, 0.717) is 5.02 Å². The Morgan fingerprint density at radius 1 is 1.45 bits per heavy atom. The van der Waals surface area contributed by atoms with Gasteiger partial charge in [-0.3, -0.25) is 4.90 Å². The molecule has 112 valence electrons. The molecule has 0 bridgehead atoms. The first-order chi connectivity index (χ1) is 9.69. The van der Waals surface area contributed by atoms with Crippen molar-refractivity contribution in [3.05, 3.63) is 28.8 Å². The van der Waals surface area contributed by atoms with Crippen molar-refractivity contribution in [2.45, 2.75) is 32.2 Å². The molecule has 1 aromatic carbocycles. The molecule has 1 heterocycles. The van der Waals surface area contributed by atoms with E-state index in [2.05, 4.69) is 4.90 Å². The number of nitrogens with zero attached hydrogens (tertiary/aromatic N) is 1. The minimum Gasteiger partial charge on any atom is -0.508 e. The van der Waals surface area contributed by atoms with Crippen LogP contribution in [0, 0.1) is 5.92 Å². The topological polar surface area (TPSA) is 32.7 Å². The molecule has 20 heavy (non-hydrogen) atoms. The number of phenols is 1. The van der Waals surface area contributed by atoms with Crippen molar-refractivity contribution in [3.63, 3.8) is 0 Å². The summed E-state index contributed by atoms with van der Waals surface area (Å²) in [4.78, 5) is 2.47. The van der Waals surface area contributed by atoms with Crippen molar-refractivity contribution in [2.75, 3.05) is 26.8 Å². The lowest BCUT2D eigenvalue weighted by atomic mass is 9.93. The van der Waals surface area contributed by atoms with Gasteiger partial charge in [0.25, 0.3) is 0 Å². The molecule has 1 aliphatic heterocycles. The molecule has 3 nitrogen and oxygen atoms in total. The highest BCUT2D eigenvalue weighted by molar-refractivity contribution is 6.31. The lowest BCUT2D eigenvalue weighted by Crippen LogP contribution is -2.35. The predicted molar refractivity (Wildman–Crippen MR) is 82.2 cm³/mol. The molecule has 1 unspecified atom stereocenters. The van der Waals surface area contributed by atoms with Crippen molar-refractivity contribution in [1.29, 1.82) is 0 Å². The number of phenolic OH excluding ortho intramolecular Hbond substituents is 1. The molecule has 0 amide bonds. The van der Waals surface area contributed by atoms with Crippen LogP contribution in [0.3, 0.4) is 0 Å². The van der Waals surface area contributed by atoms with Gasteiger partial charge >= 0.3 is 0 Å². The number of methoxy groups -OCH3 is 1. The Balaban J connectivity index is 1.86. The standard InChI is InChI=1S/C16H24ClNO2/c1-20-9-3-5-13-4-2-8-18(11-13)12-14-6-7-15(19)10-16(14)17/h6-7,10,13,19H,2-5,8-9,11-12H2,1H3. The summed E-state index contributed by atoms with van der Waals surface area (Å²) in [5.41, 5.74) is 1.10. The van der Waals surface area contributed by atoms with Gasteiger partial charge in [-0.25, -0.2) is 0 Å². The summed E-state index contributed by atoms with van der Waals surface area (Å²) in [5, 5.41) is 10.1. The first kappa shape index (κ1) is 15.6. The fourth-order valence-corrected chi connectivity index (χ4v) is 3.19. The van der Waals surface area contributed by atoms with E-state index in [9.17, 15) is 5.11 Å². The fourth-order valence-electron chi connectivity index (χ4n) is 2.95. The highest BCUT2D eigenvalue weighted by Crippen LogP contribution is 2.26. The molecule has 1 aromatic rings. The average molecular weight is 298 g/mol. The van der Waals surface area contributed by atoms with Gasteiger partial charge in [0, 0.05) is 31.8 Å². The van der Waals surface area contributed by atoms with Gasteiger partial charge in [0.15, 0.2) is 0 Å². The van der Waals surface area contributed by atoms with Gasteiger partial charge < -0.3 is 9.84 Å². The van der Waals surface area contributed by atoms with Crippen LogP contribution in [-0.4, -0.2) is 36.8 Å². The summed E-state index contributed by atoms with van der Waals surface area (Å²) >= 11 is 6.18. The van der Waals surface area contributed by atoms with Crippen LogP contribution < -0.4 is 0 Å². The number of likely N-dealkylation sites (tertiary alicyclic amines) is 1. The first-order valence-electron chi connectivity index (χ1n) is 7.37. The predicted octanol–water partition coefficient (Wildman–Crippen LogP) is 3.68. The number of rotatable bonds is 6. The minimum atomic E-state index is 0.231. The maximum absolute atomic E-state index is 9.40. The molecule has 0 saturated carbocycles. The zero-order valence-electron chi connectivity index (χ0n) is 12.1. The third kappa shape index (κ3) is 4.65. The van der Waals surface area contributed by atoms with E-state index in [1.807, 2.05) is 6.07 Å². The maximum atomic E-state index is 9.40. The fraction of sp³-hybridized carbons (Fsp3) is 0.625. The second kappa shape index (κ2) is 7.87. The average Bonchev–Trinajstić information content (AvgIpc) is 2.43. The Hall–Kier alpha value is -0.770. The Morgan fingerprint density at radius 2 is 2.30 bits per heavy atom. The van der Waals surface area contributed by atoms with Crippen LogP contribution in [0.2, 0.25) is 5.02 Å². The molecule has 1 saturated heterocycles. The first-order valence-corrected chi connectivity index (χ1v) is 7.75. The summed E-state index contributed by atoms with van der Waals surface area (Å²) in [5.74, 6) is 1.00. The van der Waals surface area contributed by atoms with Crippen LogP contribution in [0.15, 0.2) is 18.2 Å². The van der Waals surface area contributed by atoms with Crippen molar-refractivity contribution in [3.8, 4) is 5.75 Å². The Bertz CT molecular complexity index is 425. The van der Waals surface area contributed by atoms with Gasteiger partial charge in [-0.15, -0.1) is 0 Å². The molecule has 0 radical (unpaired) electrons. The second-order valence-corrected chi connectivity index (χ2v) is 6.06. The number of hydrogen-bond donors (Lipinski definition) is 1. The summed E-state index contributed by atoms with van der Waals surface area (Å²) in [6.45, 7) is 4.01. The lowest BCUT2D eigenvalue weighted by molar-refractivity contribution is 0.142. The largest absolute Gasteiger partial charge is 0.508 e. The molecular formula is C16H24ClNO2. The molecule has 1 fully saturated rings. The molecule has 0 spiro atoms. The highest BCUT2D eigenvalue weighted by Gasteiger charge is 2.20. The molecule has 1 aliphatic rings. The maximum Gasteiger partial charge on any atom is 0.117 e. The van der Waals surface area contributed by atoms with E-state index < -0.39 is 0 Å².